The van der Waals surface area contributed by atoms with Gasteiger partial charge in [-0.2, -0.15) is 0 Å². The third kappa shape index (κ3) is 10.0. The van der Waals surface area contributed by atoms with E-state index in [-0.39, 0.29) is 6.10 Å². The lowest BCUT2D eigenvalue weighted by molar-refractivity contribution is -0.348. The molecule has 0 amide bonds. The number of allylic oxidation sites excluding steroid dienone is 1. The van der Waals surface area contributed by atoms with Crippen molar-refractivity contribution in [2.75, 3.05) is 19.8 Å². The number of aliphatic hydroxyl groups excluding tert-OH is 9. The number of fused-ring (bicyclic) bond motifs is 5. The summed E-state index contributed by atoms with van der Waals surface area (Å²) in [5, 5.41) is 89.9. The summed E-state index contributed by atoms with van der Waals surface area (Å²) in [6.07, 6.45) is 0.376. The first kappa shape index (κ1) is 50.5. The number of hydrogen-bond donors (Lipinski definition) is 12. The highest BCUT2D eigenvalue weighted by molar-refractivity contribution is 5.25. The van der Waals surface area contributed by atoms with Gasteiger partial charge in [-0.1, -0.05) is 65.5 Å². The smallest absolute Gasteiger partial charge is 0.176 e. The Kier molecular flexibility index (Phi) is 17.0. The molecular formula is C45H81N3O14. The lowest BCUT2D eigenvalue weighted by Gasteiger charge is -2.58. The third-order valence-corrected chi connectivity index (χ3v) is 16.6. The van der Waals surface area contributed by atoms with Crippen LogP contribution < -0.4 is 17.2 Å². The molecule has 6 fully saturated rings. The molecule has 14 unspecified atom stereocenters. The summed E-state index contributed by atoms with van der Waals surface area (Å²) in [6, 6.07) is -3.87. The Hall–Kier alpha value is -0.940. The SMILES string of the molecule is CC(C)CCCC(C)C1CCC2C3CC=C4CC(O)CCC4(C)C3CCC12C.NC1C(O)O[C@H](CO)C(O[C@@H]2O[C@H](CO)C(O[C@@H]3O[C@H](CO)[C@@H](O)[C@H](O)[C@H]3N)[C@H](O)C2N)C1O. The molecule has 4 aliphatic carbocycles. The molecule has 0 aromatic carbocycles. The molecular weight excluding hydrogens is 807 g/mol. The number of hydrogen-bond acceptors (Lipinski definition) is 17. The Morgan fingerprint density at radius 2 is 1.26 bits per heavy atom. The molecule has 7 aliphatic rings. The van der Waals surface area contributed by atoms with Crippen LogP contribution in [0.5, 0.6) is 0 Å². The molecule has 3 saturated carbocycles. The fourth-order valence-corrected chi connectivity index (χ4v) is 12.9. The van der Waals surface area contributed by atoms with Crippen molar-refractivity contribution < 1.29 is 69.6 Å². The monoisotopic (exact) mass is 888 g/mol. The van der Waals surface area contributed by atoms with Crippen molar-refractivity contribution in [1.29, 1.82) is 0 Å². The van der Waals surface area contributed by atoms with Crippen LogP contribution in [0.1, 0.15) is 105 Å². The first-order valence-electron chi connectivity index (χ1n) is 23.5. The average Bonchev–Trinajstić information content (AvgIpc) is 3.61. The van der Waals surface area contributed by atoms with E-state index in [4.69, 9.17) is 40.9 Å². The van der Waals surface area contributed by atoms with Crippen molar-refractivity contribution in [3.8, 4) is 0 Å². The van der Waals surface area contributed by atoms with Crippen LogP contribution in [0.3, 0.4) is 0 Å². The van der Waals surface area contributed by atoms with Crippen LogP contribution in [0.25, 0.3) is 0 Å². The number of ether oxygens (including phenoxy) is 5. The molecule has 0 bridgehead atoms. The maximum Gasteiger partial charge on any atom is 0.176 e. The van der Waals surface area contributed by atoms with Gasteiger partial charge in [-0.15, -0.1) is 0 Å². The molecule has 0 spiro atoms. The average molecular weight is 888 g/mol. The predicted octanol–water partition coefficient (Wildman–Crippen LogP) is -0.285. The highest BCUT2D eigenvalue weighted by Gasteiger charge is 2.59. The van der Waals surface area contributed by atoms with Crippen molar-refractivity contribution in [3.63, 3.8) is 0 Å². The zero-order valence-corrected chi connectivity index (χ0v) is 37.5. The summed E-state index contributed by atoms with van der Waals surface area (Å²) >= 11 is 0. The molecule has 17 nitrogen and oxygen atoms in total. The Bertz CT molecular complexity index is 1460. The maximum atomic E-state index is 10.8. The number of nitrogens with two attached hydrogens (primary N) is 3. The topological polar surface area (TPSA) is 306 Å². The minimum Gasteiger partial charge on any atom is -0.394 e. The van der Waals surface area contributed by atoms with E-state index < -0.39 is 112 Å². The minimum atomic E-state index is -1.56. The Morgan fingerprint density at radius 3 is 1.87 bits per heavy atom. The zero-order valence-electron chi connectivity index (χ0n) is 37.5. The maximum absolute atomic E-state index is 10.8. The van der Waals surface area contributed by atoms with Crippen LogP contribution in [0, 0.1) is 46.3 Å². The fraction of sp³-hybridized carbons (Fsp3) is 0.956. The van der Waals surface area contributed by atoms with E-state index in [0.29, 0.717) is 10.8 Å². The van der Waals surface area contributed by atoms with E-state index in [0.717, 1.165) is 48.3 Å². The Balaban J connectivity index is 0.000000210. The van der Waals surface area contributed by atoms with Gasteiger partial charge in [0.2, 0.25) is 0 Å². The van der Waals surface area contributed by atoms with E-state index in [9.17, 15) is 46.0 Å². The second kappa shape index (κ2) is 20.9. The van der Waals surface area contributed by atoms with Crippen molar-refractivity contribution in [2.24, 2.45) is 63.5 Å². The summed E-state index contributed by atoms with van der Waals surface area (Å²) < 4.78 is 27.4. The van der Waals surface area contributed by atoms with Gasteiger partial charge in [-0.25, -0.2) is 0 Å². The van der Waals surface area contributed by atoms with Gasteiger partial charge in [0.1, 0.15) is 54.9 Å². The number of aliphatic hydroxyl groups is 9. The van der Waals surface area contributed by atoms with Gasteiger partial charge < -0.3 is 86.8 Å². The van der Waals surface area contributed by atoms with Gasteiger partial charge >= 0.3 is 0 Å². The molecule has 360 valence electrons. The molecule has 3 aliphatic heterocycles. The minimum absolute atomic E-state index is 0.0766. The highest BCUT2D eigenvalue weighted by Crippen LogP contribution is 2.67. The third-order valence-electron chi connectivity index (χ3n) is 16.6. The van der Waals surface area contributed by atoms with E-state index in [2.05, 4.69) is 40.7 Å². The molecule has 3 saturated heterocycles. The molecule has 0 aromatic rings. The fourth-order valence-electron chi connectivity index (χ4n) is 12.9. The standard InChI is InChI=1S/C27H46O.C18H35N3O13/c1-18(2)7-6-8-19(3)23-11-12-24-22-10-9-20-17-21(28)13-15-26(20,4)25(22)14-16-27(23,24)5;19-7-12(27)14(5(2-23)30-16(7)29)33-18-9(21)13(28)15(6(3-24)32-18)34-17-8(20)11(26)10(25)4(1-22)31-17/h9,18-19,21-25,28H,6-8,10-17H2,1-5H3;4-18,22-29H,1-3,19-21H2/t;4-,5-,6-,7?,8-,9?,10-,11-,12?,13-,14?,15?,16?,17+,18+/m.1/s1. The zero-order chi connectivity index (χ0) is 45.4. The lowest BCUT2D eigenvalue weighted by Crippen LogP contribution is -2.69. The van der Waals surface area contributed by atoms with E-state index >= 15 is 0 Å². The van der Waals surface area contributed by atoms with Gasteiger partial charge in [0, 0.05) is 0 Å². The van der Waals surface area contributed by atoms with Crippen LogP contribution >= 0.6 is 0 Å². The largest absolute Gasteiger partial charge is 0.394 e. The number of rotatable bonds is 12. The van der Waals surface area contributed by atoms with E-state index in [1.54, 1.807) is 5.57 Å². The first-order chi connectivity index (χ1) is 29.3. The van der Waals surface area contributed by atoms with Crippen LogP contribution in [0.4, 0.5) is 0 Å². The quantitative estimate of drug-likeness (QED) is 0.112. The van der Waals surface area contributed by atoms with Gasteiger partial charge in [0.15, 0.2) is 18.9 Å². The molecule has 0 radical (unpaired) electrons. The van der Waals surface area contributed by atoms with Crippen molar-refractivity contribution >= 4 is 0 Å². The summed E-state index contributed by atoms with van der Waals surface area (Å²) in [5.74, 6) is 5.46. The van der Waals surface area contributed by atoms with Crippen molar-refractivity contribution in [1.82, 2.24) is 0 Å². The highest BCUT2D eigenvalue weighted by atomic mass is 16.7. The van der Waals surface area contributed by atoms with Crippen molar-refractivity contribution in [3.05, 3.63) is 11.6 Å². The molecule has 17 heteroatoms. The van der Waals surface area contributed by atoms with Crippen molar-refractivity contribution in [2.45, 2.75) is 203 Å². The summed E-state index contributed by atoms with van der Waals surface area (Å²) in [4.78, 5) is 0. The molecule has 3 heterocycles. The molecule has 0 aromatic heterocycles. The van der Waals surface area contributed by atoms with Crippen LogP contribution in [0.2, 0.25) is 0 Å². The van der Waals surface area contributed by atoms with Gasteiger partial charge in [0.25, 0.3) is 0 Å². The van der Waals surface area contributed by atoms with Crippen LogP contribution in [-0.4, -0.2) is 164 Å². The second-order valence-corrected chi connectivity index (χ2v) is 20.8. The first-order valence-corrected chi connectivity index (χ1v) is 23.5. The summed E-state index contributed by atoms with van der Waals surface area (Å²) in [6.45, 7) is 10.6. The Morgan fingerprint density at radius 1 is 0.677 bits per heavy atom. The lowest BCUT2D eigenvalue weighted by atomic mass is 9.47. The van der Waals surface area contributed by atoms with Crippen LogP contribution in [-0.2, 0) is 23.7 Å². The summed E-state index contributed by atoms with van der Waals surface area (Å²) in [5.41, 5.74) is 20.2. The van der Waals surface area contributed by atoms with E-state index in [1.807, 2.05) is 0 Å². The predicted molar refractivity (Wildman–Crippen MR) is 226 cm³/mol. The van der Waals surface area contributed by atoms with Gasteiger partial charge in [-0.3, -0.25) is 0 Å². The molecule has 7 rings (SSSR count). The summed E-state index contributed by atoms with van der Waals surface area (Å²) in [7, 11) is 0. The van der Waals surface area contributed by atoms with E-state index in [1.165, 1.54) is 57.8 Å². The Labute approximate surface area is 367 Å². The second-order valence-electron chi connectivity index (χ2n) is 20.8. The van der Waals surface area contributed by atoms with Gasteiger partial charge in [-0.05, 0) is 97.7 Å². The molecule has 15 N–H and O–H groups in total. The van der Waals surface area contributed by atoms with Crippen LogP contribution in [0.15, 0.2) is 11.6 Å². The van der Waals surface area contributed by atoms with Gasteiger partial charge in [0.05, 0.1) is 44.1 Å². The molecule has 62 heavy (non-hydrogen) atoms. The molecule has 23 atom stereocenters. The normalized spacial score (nSPS) is 49.8.